The summed E-state index contributed by atoms with van der Waals surface area (Å²) in [6, 6.07) is 1.85. The first kappa shape index (κ1) is 8.50. The Morgan fingerprint density at radius 3 is 2.73 bits per heavy atom. The van der Waals surface area contributed by atoms with Crippen molar-refractivity contribution in [1.29, 1.82) is 0 Å². The minimum absolute atomic E-state index is 0.0276. The van der Waals surface area contributed by atoms with Crippen LogP contribution in [-0.4, -0.2) is 4.98 Å². The Balaban J connectivity index is 3.09. The number of rotatable bonds is 1. The third-order valence-corrected chi connectivity index (χ3v) is 1.82. The van der Waals surface area contributed by atoms with Gasteiger partial charge in [-0.05, 0) is 31.0 Å². The molecule has 60 valence electrons. The van der Waals surface area contributed by atoms with Crippen LogP contribution in [0.2, 0.25) is 5.15 Å². The van der Waals surface area contributed by atoms with Crippen molar-refractivity contribution in [2.75, 3.05) is 0 Å². The second kappa shape index (κ2) is 3.20. The minimum Gasteiger partial charge on any atom is -0.324 e. The van der Waals surface area contributed by atoms with E-state index >= 15 is 0 Å². The van der Waals surface area contributed by atoms with Gasteiger partial charge < -0.3 is 5.73 Å². The van der Waals surface area contributed by atoms with Gasteiger partial charge in [-0.2, -0.15) is 0 Å². The Kier molecular flexibility index (Phi) is 2.47. The molecule has 0 amide bonds. The molecular formula is C8H11ClN2. The van der Waals surface area contributed by atoms with Crippen molar-refractivity contribution < 1.29 is 0 Å². The first-order valence-electron chi connectivity index (χ1n) is 3.49. The third-order valence-electron chi connectivity index (χ3n) is 1.61. The van der Waals surface area contributed by atoms with E-state index in [-0.39, 0.29) is 6.04 Å². The predicted octanol–water partition coefficient (Wildman–Crippen LogP) is 2.06. The van der Waals surface area contributed by atoms with Gasteiger partial charge in [-0.15, -0.1) is 0 Å². The van der Waals surface area contributed by atoms with E-state index in [4.69, 9.17) is 17.3 Å². The number of nitrogens with two attached hydrogens (primary N) is 1. The number of hydrogen-bond donors (Lipinski definition) is 1. The molecule has 1 aromatic rings. The largest absolute Gasteiger partial charge is 0.324 e. The molecular weight excluding hydrogens is 160 g/mol. The van der Waals surface area contributed by atoms with Crippen molar-refractivity contribution >= 4 is 11.6 Å². The van der Waals surface area contributed by atoms with Crippen molar-refractivity contribution in [2.45, 2.75) is 19.9 Å². The van der Waals surface area contributed by atoms with E-state index in [0.717, 1.165) is 11.1 Å². The SMILES string of the molecule is Cc1cc(Cl)ncc1C(C)N. The van der Waals surface area contributed by atoms with E-state index in [9.17, 15) is 0 Å². The number of halogens is 1. The van der Waals surface area contributed by atoms with Crippen molar-refractivity contribution in [3.63, 3.8) is 0 Å². The molecule has 1 aromatic heterocycles. The van der Waals surface area contributed by atoms with Crippen LogP contribution in [0.25, 0.3) is 0 Å². The summed E-state index contributed by atoms with van der Waals surface area (Å²) in [6.45, 7) is 3.91. The molecule has 2 nitrogen and oxygen atoms in total. The number of pyridine rings is 1. The Labute approximate surface area is 71.4 Å². The molecule has 0 aliphatic carbocycles. The van der Waals surface area contributed by atoms with Gasteiger partial charge in [0.15, 0.2) is 0 Å². The molecule has 0 saturated carbocycles. The average Bonchev–Trinajstić information content (AvgIpc) is 1.85. The lowest BCUT2D eigenvalue weighted by Crippen LogP contribution is -2.07. The molecule has 0 fully saturated rings. The molecule has 0 aromatic carbocycles. The summed E-state index contributed by atoms with van der Waals surface area (Å²) in [5, 5.41) is 0.520. The molecule has 0 radical (unpaired) electrons. The Hall–Kier alpha value is -0.600. The van der Waals surface area contributed by atoms with E-state index in [2.05, 4.69) is 4.98 Å². The lowest BCUT2D eigenvalue weighted by molar-refractivity contribution is 0.803. The molecule has 0 bridgehead atoms. The van der Waals surface area contributed by atoms with Gasteiger partial charge in [0.1, 0.15) is 5.15 Å². The minimum atomic E-state index is 0.0276. The topological polar surface area (TPSA) is 38.9 Å². The molecule has 0 aliphatic heterocycles. The zero-order valence-electron chi connectivity index (χ0n) is 6.63. The third kappa shape index (κ3) is 1.91. The molecule has 0 aliphatic rings. The van der Waals surface area contributed by atoms with Gasteiger partial charge in [-0.25, -0.2) is 4.98 Å². The van der Waals surface area contributed by atoms with Crippen LogP contribution in [0.15, 0.2) is 12.3 Å². The fourth-order valence-electron chi connectivity index (χ4n) is 1.01. The molecule has 1 heterocycles. The maximum Gasteiger partial charge on any atom is 0.129 e. The van der Waals surface area contributed by atoms with Crippen molar-refractivity contribution in [3.05, 3.63) is 28.5 Å². The van der Waals surface area contributed by atoms with Crippen molar-refractivity contribution in [3.8, 4) is 0 Å². The van der Waals surface area contributed by atoms with Crippen LogP contribution in [-0.2, 0) is 0 Å². The molecule has 1 unspecified atom stereocenters. The highest BCUT2D eigenvalue weighted by Gasteiger charge is 2.03. The average molecular weight is 171 g/mol. The van der Waals surface area contributed by atoms with Crippen LogP contribution in [0.5, 0.6) is 0 Å². The highest BCUT2D eigenvalue weighted by Crippen LogP contribution is 2.16. The van der Waals surface area contributed by atoms with Gasteiger partial charge in [0.2, 0.25) is 0 Å². The smallest absolute Gasteiger partial charge is 0.129 e. The molecule has 2 N–H and O–H groups in total. The number of hydrogen-bond acceptors (Lipinski definition) is 2. The predicted molar refractivity (Wildman–Crippen MR) is 46.6 cm³/mol. The normalized spacial score (nSPS) is 13.1. The van der Waals surface area contributed by atoms with Crippen molar-refractivity contribution in [2.24, 2.45) is 5.73 Å². The van der Waals surface area contributed by atoms with Gasteiger partial charge in [-0.3, -0.25) is 0 Å². The summed E-state index contributed by atoms with van der Waals surface area (Å²) in [7, 11) is 0. The highest BCUT2D eigenvalue weighted by atomic mass is 35.5. The summed E-state index contributed by atoms with van der Waals surface area (Å²) < 4.78 is 0. The van der Waals surface area contributed by atoms with E-state index in [0.29, 0.717) is 5.15 Å². The van der Waals surface area contributed by atoms with Crippen molar-refractivity contribution in [1.82, 2.24) is 4.98 Å². The Morgan fingerprint density at radius 2 is 2.27 bits per heavy atom. The lowest BCUT2D eigenvalue weighted by Gasteiger charge is -2.07. The number of aryl methyl sites for hydroxylation is 1. The van der Waals surface area contributed by atoms with Crippen LogP contribution in [0.1, 0.15) is 24.1 Å². The molecule has 0 spiro atoms. The van der Waals surface area contributed by atoms with E-state index in [1.165, 1.54) is 0 Å². The lowest BCUT2D eigenvalue weighted by atomic mass is 10.1. The number of nitrogens with zero attached hydrogens (tertiary/aromatic N) is 1. The second-order valence-corrected chi connectivity index (χ2v) is 3.04. The van der Waals surface area contributed by atoms with Gasteiger partial charge in [0, 0.05) is 12.2 Å². The van der Waals surface area contributed by atoms with Gasteiger partial charge in [-0.1, -0.05) is 11.6 Å². The van der Waals surface area contributed by atoms with Gasteiger partial charge in [0.25, 0.3) is 0 Å². The Morgan fingerprint density at radius 1 is 1.64 bits per heavy atom. The summed E-state index contributed by atoms with van der Waals surface area (Å²) in [5.74, 6) is 0. The summed E-state index contributed by atoms with van der Waals surface area (Å²) in [4.78, 5) is 3.95. The molecule has 3 heteroatoms. The first-order chi connectivity index (χ1) is 5.11. The molecule has 0 saturated heterocycles. The maximum atomic E-state index is 5.68. The van der Waals surface area contributed by atoms with E-state index < -0.39 is 0 Å². The van der Waals surface area contributed by atoms with Gasteiger partial charge in [0.05, 0.1) is 0 Å². The monoisotopic (exact) mass is 170 g/mol. The number of aromatic nitrogens is 1. The molecule has 11 heavy (non-hydrogen) atoms. The van der Waals surface area contributed by atoms with E-state index in [1.807, 2.05) is 19.9 Å². The standard InChI is InChI=1S/C8H11ClN2/c1-5-3-8(9)11-4-7(5)6(2)10/h3-4,6H,10H2,1-2H3. The van der Waals surface area contributed by atoms with Crippen LogP contribution in [0.4, 0.5) is 0 Å². The molecule has 1 atom stereocenters. The second-order valence-electron chi connectivity index (χ2n) is 2.65. The van der Waals surface area contributed by atoms with Crippen LogP contribution >= 0.6 is 11.6 Å². The Bertz CT molecular complexity index is 258. The van der Waals surface area contributed by atoms with E-state index in [1.54, 1.807) is 6.20 Å². The maximum absolute atomic E-state index is 5.68. The summed E-state index contributed by atoms with van der Waals surface area (Å²) >= 11 is 5.67. The summed E-state index contributed by atoms with van der Waals surface area (Å²) in [6.07, 6.45) is 1.72. The molecule has 1 rings (SSSR count). The fourth-order valence-corrected chi connectivity index (χ4v) is 1.22. The fraction of sp³-hybridized carbons (Fsp3) is 0.375. The summed E-state index contributed by atoms with van der Waals surface area (Å²) in [5.41, 5.74) is 7.83. The van der Waals surface area contributed by atoms with Crippen LogP contribution < -0.4 is 5.73 Å². The highest BCUT2D eigenvalue weighted by molar-refractivity contribution is 6.29. The van der Waals surface area contributed by atoms with Gasteiger partial charge >= 0.3 is 0 Å². The first-order valence-corrected chi connectivity index (χ1v) is 3.86. The quantitative estimate of drug-likeness (QED) is 0.656. The van der Waals surface area contributed by atoms with Crippen LogP contribution in [0.3, 0.4) is 0 Å². The van der Waals surface area contributed by atoms with Crippen LogP contribution in [0, 0.1) is 6.92 Å². The zero-order valence-corrected chi connectivity index (χ0v) is 7.39. The zero-order chi connectivity index (χ0) is 8.43.